The highest BCUT2D eigenvalue weighted by Crippen LogP contribution is 2.23. The van der Waals surface area contributed by atoms with Crippen molar-refractivity contribution in [3.05, 3.63) is 51.8 Å². The number of aromatic nitrogens is 1. The number of nitrogens with zero attached hydrogens (tertiary/aromatic N) is 1. The third kappa shape index (κ3) is 1.77. The van der Waals surface area contributed by atoms with E-state index in [1.807, 2.05) is 0 Å². The molecular formula is C10H6F2N2O2. The van der Waals surface area contributed by atoms with Crippen molar-refractivity contribution >= 4 is 17.0 Å². The average Bonchev–Trinajstić information content (AvgIpc) is 2.58. The molecule has 0 radical (unpaired) electrons. The normalized spacial score (nSPS) is 11.4. The van der Waals surface area contributed by atoms with E-state index in [4.69, 9.17) is 0 Å². The van der Waals surface area contributed by atoms with Gasteiger partial charge in [-0.15, -0.1) is 0 Å². The number of aromatic amines is 1. The first-order chi connectivity index (χ1) is 7.58. The van der Waals surface area contributed by atoms with E-state index >= 15 is 0 Å². The Kier molecular flexibility index (Phi) is 2.40. The first-order valence-corrected chi connectivity index (χ1v) is 4.36. The third-order valence-corrected chi connectivity index (χ3v) is 2.11. The number of fused-ring (bicyclic) bond motifs is 1. The summed E-state index contributed by atoms with van der Waals surface area (Å²) >= 11 is 0. The lowest BCUT2D eigenvalue weighted by atomic mass is 10.1. The quantitative estimate of drug-likeness (QED) is 0.629. The van der Waals surface area contributed by atoms with Crippen molar-refractivity contribution in [2.45, 2.75) is 0 Å². The topological polar surface area (TPSA) is 58.9 Å². The lowest BCUT2D eigenvalue weighted by Crippen LogP contribution is -1.83. The fourth-order valence-corrected chi connectivity index (χ4v) is 1.45. The second-order valence-corrected chi connectivity index (χ2v) is 3.16. The molecule has 0 unspecified atom stereocenters. The first kappa shape index (κ1) is 10.3. The predicted molar refractivity (Wildman–Crippen MR) is 54.2 cm³/mol. The minimum absolute atomic E-state index is 0.129. The van der Waals surface area contributed by atoms with Gasteiger partial charge in [-0.2, -0.15) is 0 Å². The van der Waals surface area contributed by atoms with Crippen LogP contribution in [0.5, 0.6) is 0 Å². The van der Waals surface area contributed by atoms with Gasteiger partial charge in [-0.3, -0.25) is 10.1 Å². The van der Waals surface area contributed by atoms with E-state index in [2.05, 4.69) is 4.98 Å². The number of hydrogen-bond donors (Lipinski definition) is 1. The van der Waals surface area contributed by atoms with Crippen molar-refractivity contribution in [2.75, 3.05) is 0 Å². The van der Waals surface area contributed by atoms with Crippen LogP contribution in [-0.4, -0.2) is 9.91 Å². The molecule has 16 heavy (non-hydrogen) atoms. The van der Waals surface area contributed by atoms with Gasteiger partial charge in [0.15, 0.2) is 0 Å². The summed E-state index contributed by atoms with van der Waals surface area (Å²) in [4.78, 5) is 12.1. The molecule has 0 aliphatic rings. The lowest BCUT2D eigenvalue weighted by molar-refractivity contribution is -0.400. The molecule has 0 saturated heterocycles. The second kappa shape index (κ2) is 3.73. The second-order valence-electron chi connectivity index (χ2n) is 3.16. The van der Waals surface area contributed by atoms with Gasteiger partial charge in [-0.05, 0) is 6.07 Å². The Hall–Kier alpha value is -2.24. The van der Waals surface area contributed by atoms with Crippen molar-refractivity contribution in [3.63, 3.8) is 0 Å². The Morgan fingerprint density at radius 2 is 2.12 bits per heavy atom. The lowest BCUT2D eigenvalue weighted by Gasteiger charge is -1.94. The van der Waals surface area contributed by atoms with Crippen molar-refractivity contribution in [1.82, 2.24) is 4.98 Å². The molecule has 0 bridgehead atoms. The average molecular weight is 224 g/mol. The van der Waals surface area contributed by atoms with E-state index in [0.717, 1.165) is 12.1 Å². The van der Waals surface area contributed by atoms with Crippen LogP contribution in [0.1, 0.15) is 5.56 Å². The summed E-state index contributed by atoms with van der Waals surface area (Å²) in [5.41, 5.74) is 0.495. The van der Waals surface area contributed by atoms with Crippen LogP contribution < -0.4 is 0 Å². The molecule has 1 aromatic carbocycles. The summed E-state index contributed by atoms with van der Waals surface area (Å²) in [5.74, 6) is -1.45. The standard InChI is InChI=1S/C10H6F2N2O2/c11-7-3-8-6(1-2-14(15)16)5-13-10(8)9(12)4-7/h1-5,13H/b2-1+. The molecule has 1 heterocycles. The van der Waals surface area contributed by atoms with Crippen LogP contribution >= 0.6 is 0 Å². The zero-order valence-electron chi connectivity index (χ0n) is 7.91. The first-order valence-electron chi connectivity index (χ1n) is 4.36. The van der Waals surface area contributed by atoms with Crippen molar-refractivity contribution in [1.29, 1.82) is 0 Å². The Morgan fingerprint density at radius 3 is 2.81 bits per heavy atom. The van der Waals surface area contributed by atoms with Crippen molar-refractivity contribution in [3.8, 4) is 0 Å². The largest absolute Gasteiger partial charge is 0.358 e. The molecule has 0 fully saturated rings. The van der Waals surface area contributed by atoms with Crippen LogP contribution in [0.2, 0.25) is 0 Å². The fraction of sp³-hybridized carbons (Fsp3) is 0. The van der Waals surface area contributed by atoms with E-state index in [9.17, 15) is 18.9 Å². The molecule has 1 N–H and O–H groups in total. The number of hydrogen-bond acceptors (Lipinski definition) is 2. The number of nitro groups is 1. The molecule has 2 aromatic rings. The molecule has 6 heteroatoms. The zero-order valence-corrected chi connectivity index (χ0v) is 7.91. The van der Waals surface area contributed by atoms with Gasteiger partial charge in [0.1, 0.15) is 11.6 Å². The summed E-state index contributed by atoms with van der Waals surface area (Å²) in [6.45, 7) is 0. The van der Waals surface area contributed by atoms with Crippen LogP contribution in [0.25, 0.3) is 17.0 Å². The SMILES string of the molecule is O=[N+]([O-])/C=C/c1c[nH]c2c(F)cc(F)cc12. The number of benzene rings is 1. The van der Waals surface area contributed by atoms with Crippen LogP contribution in [0, 0.1) is 21.7 Å². The third-order valence-electron chi connectivity index (χ3n) is 2.11. The van der Waals surface area contributed by atoms with Crippen LogP contribution in [0.3, 0.4) is 0 Å². The van der Waals surface area contributed by atoms with Crippen LogP contribution in [0.4, 0.5) is 8.78 Å². The highest BCUT2D eigenvalue weighted by atomic mass is 19.1. The van der Waals surface area contributed by atoms with E-state index in [1.165, 1.54) is 12.3 Å². The summed E-state index contributed by atoms with van der Waals surface area (Å²) < 4.78 is 26.2. The highest BCUT2D eigenvalue weighted by Gasteiger charge is 2.08. The maximum absolute atomic E-state index is 13.2. The van der Waals surface area contributed by atoms with Gasteiger partial charge in [0.25, 0.3) is 0 Å². The molecule has 1 aromatic heterocycles. The molecule has 4 nitrogen and oxygen atoms in total. The molecule has 0 amide bonds. The van der Waals surface area contributed by atoms with Gasteiger partial charge >= 0.3 is 0 Å². The Bertz CT molecular complexity index is 590. The molecule has 0 saturated carbocycles. The van der Waals surface area contributed by atoms with E-state index < -0.39 is 16.6 Å². The molecule has 2 rings (SSSR count). The summed E-state index contributed by atoms with van der Waals surface area (Å²) in [6.07, 6.45) is 3.27. The van der Waals surface area contributed by atoms with Crippen molar-refractivity contribution < 1.29 is 13.7 Å². The number of nitrogens with one attached hydrogen (secondary N) is 1. The minimum Gasteiger partial charge on any atom is -0.358 e. The molecule has 0 aliphatic heterocycles. The summed E-state index contributed by atoms with van der Waals surface area (Å²) in [7, 11) is 0. The van der Waals surface area contributed by atoms with Gasteiger partial charge in [0.2, 0.25) is 6.20 Å². The summed E-state index contributed by atoms with van der Waals surface area (Å²) in [5, 5.41) is 10.4. The monoisotopic (exact) mass is 224 g/mol. The van der Waals surface area contributed by atoms with Crippen LogP contribution in [0.15, 0.2) is 24.5 Å². The molecule has 82 valence electrons. The van der Waals surface area contributed by atoms with Crippen LogP contribution in [-0.2, 0) is 0 Å². The van der Waals surface area contributed by atoms with Gasteiger partial charge in [-0.25, -0.2) is 8.78 Å². The Labute approximate surface area is 88.3 Å². The maximum atomic E-state index is 13.2. The smallest absolute Gasteiger partial charge is 0.235 e. The molecule has 0 aliphatic carbocycles. The highest BCUT2D eigenvalue weighted by molar-refractivity contribution is 5.89. The zero-order chi connectivity index (χ0) is 11.7. The fourth-order valence-electron chi connectivity index (χ4n) is 1.45. The predicted octanol–water partition coefficient (Wildman–Crippen LogP) is 2.69. The number of halogens is 2. The Morgan fingerprint density at radius 1 is 1.38 bits per heavy atom. The van der Waals surface area contributed by atoms with Gasteiger partial charge < -0.3 is 4.98 Å². The minimum atomic E-state index is -0.726. The van der Waals surface area contributed by atoms with Gasteiger partial charge in [-0.1, -0.05) is 0 Å². The van der Waals surface area contributed by atoms with Crippen molar-refractivity contribution in [2.24, 2.45) is 0 Å². The van der Waals surface area contributed by atoms with Gasteiger partial charge in [0, 0.05) is 29.3 Å². The molecular weight excluding hydrogens is 218 g/mol. The molecule has 0 spiro atoms. The number of H-pyrrole nitrogens is 1. The summed E-state index contributed by atoms with van der Waals surface area (Å²) in [6, 6.07) is 1.87. The van der Waals surface area contributed by atoms with Gasteiger partial charge in [0.05, 0.1) is 10.4 Å². The molecule has 0 atom stereocenters. The van der Waals surface area contributed by atoms with E-state index in [-0.39, 0.29) is 10.9 Å². The number of rotatable bonds is 2. The van der Waals surface area contributed by atoms with E-state index in [1.54, 1.807) is 0 Å². The maximum Gasteiger partial charge on any atom is 0.235 e. The Balaban J connectivity index is 2.60. The van der Waals surface area contributed by atoms with E-state index in [0.29, 0.717) is 11.8 Å².